The highest BCUT2D eigenvalue weighted by Crippen LogP contribution is 2.31. The summed E-state index contributed by atoms with van der Waals surface area (Å²) in [6.07, 6.45) is 1.46. The molecule has 0 radical (unpaired) electrons. The van der Waals surface area contributed by atoms with Crippen molar-refractivity contribution in [2.45, 2.75) is 19.8 Å². The molecular formula is C26H27F2N5. The molecule has 0 spiro atoms. The zero-order valence-electron chi connectivity index (χ0n) is 18.9. The largest absolute Gasteiger partial charge is 0.369 e. The van der Waals surface area contributed by atoms with Crippen molar-refractivity contribution in [3.8, 4) is 22.5 Å². The van der Waals surface area contributed by atoms with E-state index >= 15 is 0 Å². The fourth-order valence-electron chi connectivity index (χ4n) is 4.44. The first-order valence-electron chi connectivity index (χ1n) is 11.4. The van der Waals surface area contributed by atoms with Crippen LogP contribution in [0.5, 0.6) is 0 Å². The first kappa shape index (κ1) is 21.5. The van der Waals surface area contributed by atoms with Crippen molar-refractivity contribution < 1.29 is 8.78 Å². The van der Waals surface area contributed by atoms with Gasteiger partial charge in [-0.2, -0.15) is 5.10 Å². The molecule has 0 saturated carbocycles. The number of hydrogen-bond acceptors (Lipinski definition) is 4. The molecule has 2 aromatic heterocycles. The smallest absolute Gasteiger partial charge is 0.135 e. The third kappa shape index (κ3) is 4.20. The minimum atomic E-state index is -0.591. The summed E-state index contributed by atoms with van der Waals surface area (Å²) in [6.45, 7) is 6.08. The molecule has 1 saturated heterocycles. The number of anilines is 1. The molecule has 0 unspecified atom stereocenters. The summed E-state index contributed by atoms with van der Waals surface area (Å²) in [5, 5.41) is 7.43. The van der Waals surface area contributed by atoms with Crippen LogP contribution in [0.15, 0.2) is 48.5 Å². The van der Waals surface area contributed by atoms with Gasteiger partial charge in [-0.1, -0.05) is 25.5 Å². The van der Waals surface area contributed by atoms with Crippen molar-refractivity contribution in [2.75, 3.05) is 38.1 Å². The molecule has 3 heterocycles. The molecule has 1 fully saturated rings. The summed E-state index contributed by atoms with van der Waals surface area (Å²) in [4.78, 5) is 9.31. The molecule has 5 nitrogen and oxygen atoms in total. The molecule has 1 aliphatic heterocycles. The van der Waals surface area contributed by atoms with Crippen LogP contribution in [0.2, 0.25) is 0 Å². The van der Waals surface area contributed by atoms with Crippen molar-refractivity contribution >= 4 is 16.7 Å². The highest BCUT2D eigenvalue weighted by Gasteiger charge is 2.18. The van der Waals surface area contributed by atoms with Gasteiger partial charge in [0.2, 0.25) is 0 Å². The van der Waals surface area contributed by atoms with E-state index in [9.17, 15) is 8.78 Å². The van der Waals surface area contributed by atoms with Gasteiger partial charge in [0.15, 0.2) is 0 Å². The van der Waals surface area contributed by atoms with Gasteiger partial charge in [-0.05, 0) is 55.4 Å². The average molecular weight is 448 g/mol. The van der Waals surface area contributed by atoms with Crippen LogP contribution >= 0.6 is 0 Å². The Kier molecular flexibility index (Phi) is 5.81. The molecule has 4 aromatic rings. The lowest BCUT2D eigenvalue weighted by molar-refractivity contribution is 0.313. The van der Waals surface area contributed by atoms with Gasteiger partial charge in [-0.25, -0.2) is 13.8 Å². The van der Waals surface area contributed by atoms with Crippen LogP contribution in [-0.2, 0) is 6.42 Å². The number of aromatic amines is 1. The van der Waals surface area contributed by atoms with Crippen molar-refractivity contribution in [1.29, 1.82) is 0 Å². The maximum atomic E-state index is 14.8. The molecule has 0 amide bonds. The van der Waals surface area contributed by atoms with Crippen molar-refractivity contribution in [1.82, 2.24) is 20.1 Å². The summed E-state index contributed by atoms with van der Waals surface area (Å²) < 4.78 is 29.6. The second kappa shape index (κ2) is 8.90. The number of fused-ring (bicyclic) bond motifs is 1. The minimum absolute atomic E-state index is 0.102. The van der Waals surface area contributed by atoms with Crippen LogP contribution in [0.25, 0.3) is 33.5 Å². The number of rotatable bonds is 5. The van der Waals surface area contributed by atoms with E-state index in [1.54, 1.807) is 12.1 Å². The lowest BCUT2D eigenvalue weighted by atomic mass is 10.0. The minimum Gasteiger partial charge on any atom is -0.369 e. The monoisotopic (exact) mass is 447 g/mol. The first-order valence-corrected chi connectivity index (χ1v) is 11.4. The molecule has 7 heteroatoms. The number of aryl methyl sites for hydroxylation is 1. The third-order valence-electron chi connectivity index (χ3n) is 6.31. The molecular weight excluding hydrogens is 420 g/mol. The Morgan fingerprint density at radius 2 is 1.64 bits per heavy atom. The molecule has 0 atom stereocenters. The van der Waals surface area contributed by atoms with Gasteiger partial charge in [-0.3, -0.25) is 5.10 Å². The van der Waals surface area contributed by atoms with Gasteiger partial charge in [0, 0.05) is 37.4 Å². The summed E-state index contributed by atoms with van der Waals surface area (Å²) >= 11 is 0. The number of likely N-dealkylation sites (N-methyl/N-ethyl adjacent to an activating group) is 1. The number of piperazine rings is 1. The van der Waals surface area contributed by atoms with E-state index in [2.05, 4.69) is 44.2 Å². The fraction of sp³-hybridized carbons (Fsp3) is 0.308. The van der Waals surface area contributed by atoms with Gasteiger partial charge in [-0.15, -0.1) is 0 Å². The number of pyridine rings is 1. The predicted molar refractivity (Wildman–Crippen MR) is 128 cm³/mol. The number of H-pyrrole nitrogens is 1. The Morgan fingerprint density at radius 3 is 2.30 bits per heavy atom. The van der Waals surface area contributed by atoms with Crippen LogP contribution in [0.3, 0.4) is 0 Å². The molecule has 0 aliphatic carbocycles. The highest BCUT2D eigenvalue weighted by molar-refractivity contribution is 5.91. The normalized spacial score (nSPS) is 14.8. The Labute approximate surface area is 192 Å². The second-order valence-corrected chi connectivity index (χ2v) is 8.69. The summed E-state index contributed by atoms with van der Waals surface area (Å²) in [6, 6.07) is 14.4. The molecule has 1 aliphatic rings. The zero-order chi connectivity index (χ0) is 22.9. The molecule has 5 rings (SSSR count). The van der Waals surface area contributed by atoms with E-state index < -0.39 is 11.6 Å². The Bertz CT molecular complexity index is 1250. The van der Waals surface area contributed by atoms with Gasteiger partial charge >= 0.3 is 0 Å². The number of nitrogens with zero attached hydrogens (tertiary/aromatic N) is 4. The van der Waals surface area contributed by atoms with Gasteiger partial charge < -0.3 is 9.80 Å². The molecule has 33 heavy (non-hydrogen) atoms. The maximum absolute atomic E-state index is 14.8. The standard InChI is InChI=1S/C26H27F2N5/c1-3-4-17-15-20(27)24(21(28)16-17)22-9-10-23-26(29-22)25(31-30-23)18-5-7-19(8-6-18)33-13-11-32(2)12-14-33/h5-10,15-16H,3-4,11-14H2,1-2H3,(H,30,31). The number of aromatic nitrogens is 3. The fourth-order valence-corrected chi connectivity index (χ4v) is 4.44. The average Bonchev–Trinajstić information content (AvgIpc) is 3.23. The number of hydrogen-bond donors (Lipinski definition) is 1. The number of halogens is 2. The summed E-state index contributed by atoms with van der Waals surface area (Å²) in [5.74, 6) is -1.18. The van der Waals surface area contributed by atoms with Crippen LogP contribution < -0.4 is 4.90 Å². The van der Waals surface area contributed by atoms with Crippen molar-refractivity contribution in [3.05, 3.63) is 65.7 Å². The summed E-state index contributed by atoms with van der Waals surface area (Å²) in [5.41, 5.74) is 4.88. The van der Waals surface area contributed by atoms with E-state index in [0.29, 0.717) is 23.2 Å². The predicted octanol–water partition coefficient (Wildman–Crippen LogP) is 5.27. The van der Waals surface area contributed by atoms with E-state index in [-0.39, 0.29) is 11.3 Å². The zero-order valence-corrected chi connectivity index (χ0v) is 18.9. The molecule has 1 N–H and O–H groups in total. The molecule has 170 valence electrons. The quantitative estimate of drug-likeness (QED) is 0.453. The van der Waals surface area contributed by atoms with Crippen LogP contribution in [0.1, 0.15) is 18.9 Å². The number of nitrogens with one attached hydrogen (secondary N) is 1. The van der Waals surface area contributed by atoms with Crippen LogP contribution in [0.4, 0.5) is 14.5 Å². The SMILES string of the molecule is CCCc1cc(F)c(-c2ccc3[nH]nc(-c4ccc(N5CCN(C)CC5)cc4)c3n2)c(F)c1. The van der Waals surface area contributed by atoms with E-state index in [0.717, 1.165) is 43.7 Å². The van der Waals surface area contributed by atoms with E-state index in [4.69, 9.17) is 0 Å². The maximum Gasteiger partial charge on any atom is 0.135 e. The number of benzene rings is 2. The highest BCUT2D eigenvalue weighted by atomic mass is 19.1. The van der Waals surface area contributed by atoms with Gasteiger partial charge in [0.1, 0.15) is 22.8 Å². The van der Waals surface area contributed by atoms with Crippen LogP contribution in [-0.4, -0.2) is 53.3 Å². The van der Waals surface area contributed by atoms with Gasteiger partial charge in [0.25, 0.3) is 0 Å². The van der Waals surface area contributed by atoms with E-state index in [1.165, 1.54) is 17.8 Å². The van der Waals surface area contributed by atoms with Crippen molar-refractivity contribution in [3.63, 3.8) is 0 Å². The topological polar surface area (TPSA) is 48.1 Å². The third-order valence-corrected chi connectivity index (χ3v) is 6.31. The van der Waals surface area contributed by atoms with Gasteiger partial charge in [0.05, 0.1) is 16.8 Å². The van der Waals surface area contributed by atoms with Crippen molar-refractivity contribution in [2.24, 2.45) is 0 Å². The lowest BCUT2D eigenvalue weighted by Crippen LogP contribution is -2.44. The first-order chi connectivity index (χ1) is 16.0. The summed E-state index contributed by atoms with van der Waals surface area (Å²) in [7, 11) is 2.14. The Hall–Kier alpha value is -3.32. The lowest BCUT2D eigenvalue weighted by Gasteiger charge is -2.34. The second-order valence-electron chi connectivity index (χ2n) is 8.69. The Balaban J connectivity index is 1.48. The Morgan fingerprint density at radius 1 is 0.939 bits per heavy atom. The van der Waals surface area contributed by atoms with E-state index in [1.807, 2.05) is 19.1 Å². The molecule has 0 bridgehead atoms. The van der Waals surface area contributed by atoms with Crippen LogP contribution in [0, 0.1) is 11.6 Å². The molecule has 2 aromatic carbocycles.